The van der Waals surface area contributed by atoms with Gasteiger partial charge in [-0.05, 0) is 69.0 Å². The van der Waals surface area contributed by atoms with E-state index in [1.807, 2.05) is 43.3 Å². The summed E-state index contributed by atoms with van der Waals surface area (Å²) in [4.78, 5) is 22.2. The number of benzene rings is 2. The number of aliphatic hydroxyl groups is 1. The second kappa shape index (κ2) is 7.53. The Morgan fingerprint density at radius 1 is 1.19 bits per heavy atom. The molecule has 5 nitrogen and oxygen atoms in total. The molecule has 0 aliphatic heterocycles. The van der Waals surface area contributed by atoms with Crippen LogP contribution in [0, 0.1) is 6.92 Å². The zero-order chi connectivity index (χ0) is 19.6. The summed E-state index contributed by atoms with van der Waals surface area (Å²) in [6.07, 6.45) is 1.47. The van der Waals surface area contributed by atoms with E-state index in [9.17, 15) is 9.90 Å². The number of carbonyl (C=O) groups is 1. The summed E-state index contributed by atoms with van der Waals surface area (Å²) >= 11 is 0. The summed E-state index contributed by atoms with van der Waals surface area (Å²) in [5.74, 6) is 0.730. The molecule has 142 valence electrons. The lowest BCUT2D eigenvalue weighted by atomic mass is 9.98. The van der Waals surface area contributed by atoms with Gasteiger partial charge in [0.15, 0.2) is 0 Å². The van der Waals surface area contributed by atoms with Gasteiger partial charge >= 0.3 is 0 Å². The van der Waals surface area contributed by atoms with Crippen molar-refractivity contribution < 1.29 is 9.90 Å². The van der Waals surface area contributed by atoms with Crippen molar-refractivity contribution >= 4 is 16.9 Å². The van der Waals surface area contributed by atoms with Crippen LogP contribution >= 0.6 is 0 Å². The van der Waals surface area contributed by atoms with Crippen molar-refractivity contribution in [3.63, 3.8) is 0 Å². The van der Waals surface area contributed by atoms with Crippen molar-refractivity contribution in [1.82, 2.24) is 14.9 Å². The van der Waals surface area contributed by atoms with Gasteiger partial charge in [-0.2, -0.15) is 0 Å². The van der Waals surface area contributed by atoms with Gasteiger partial charge in [0.1, 0.15) is 5.82 Å². The Balaban J connectivity index is 1.65. The van der Waals surface area contributed by atoms with E-state index >= 15 is 0 Å². The Morgan fingerprint density at radius 3 is 2.56 bits per heavy atom. The molecule has 1 aromatic heterocycles. The smallest absolute Gasteiger partial charge is 0.253 e. The van der Waals surface area contributed by atoms with Crippen molar-refractivity contribution in [2.75, 3.05) is 7.05 Å². The van der Waals surface area contributed by atoms with E-state index in [-0.39, 0.29) is 5.91 Å². The topological polar surface area (TPSA) is 69.2 Å². The molecule has 5 heteroatoms. The molecule has 0 unspecified atom stereocenters. The number of nitrogens with zero attached hydrogens (tertiary/aromatic N) is 2. The SMILES string of the molecule is Cc1ccc2nc(CN(C)C(=O)c3ccc(CCC(C)(C)O)cc3)[nH]c2c1. The average molecular weight is 365 g/mol. The van der Waals surface area contributed by atoms with Crippen LogP contribution in [0.15, 0.2) is 42.5 Å². The zero-order valence-electron chi connectivity index (χ0n) is 16.4. The highest BCUT2D eigenvalue weighted by Crippen LogP contribution is 2.16. The first kappa shape index (κ1) is 19.1. The molecule has 0 saturated carbocycles. The van der Waals surface area contributed by atoms with Crippen LogP contribution in [0.5, 0.6) is 0 Å². The lowest BCUT2D eigenvalue weighted by Crippen LogP contribution is -2.26. The maximum absolute atomic E-state index is 12.7. The number of hydrogen-bond donors (Lipinski definition) is 2. The molecule has 0 fully saturated rings. The lowest BCUT2D eigenvalue weighted by Gasteiger charge is -2.17. The maximum atomic E-state index is 12.7. The molecular weight excluding hydrogens is 338 g/mol. The van der Waals surface area contributed by atoms with Gasteiger partial charge in [0.05, 0.1) is 23.2 Å². The minimum Gasteiger partial charge on any atom is -0.390 e. The van der Waals surface area contributed by atoms with Gasteiger partial charge in [-0.15, -0.1) is 0 Å². The highest BCUT2D eigenvalue weighted by atomic mass is 16.3. The standard InChI is InChI=1S/C22H27N3O2/c1-15-5-10-18-19(13-15)24-20(23-18)14-25(4)21(26)17-8-6-16(7-9-17)11-12-22(2,3)27/h5-10,13,27H,11-12,14H2,1-4H3,(H,23,24). The molecule has 1 amide bonds. The lowest BCUT2D eigenvalue weighted by molar-refractivity contribution is 0.0712. The molecule has 2 aromatic carbocycles. The summed E-state index contributed by atoms with van der Waals surface area (Å²) in [7, 11) is 1.78. The van der Waals surface area contributed by atoms with Crippen LogP contribution in [0.1, 0.15) is 47.6 Å². The van der Waals surface area contributed by atoms with Gasteiger partial charge in [-0.3, -0.25) is 4.79 Å². The second-order valence-electron chi connectivity index (χ2n) is 7.87. The van der Waals surface area contributed by atoms with Crippen LogP contribution in [0.25, 0.3) is 11.0 Å². The van der Waals surface area contributed by atoms with Crippen LogP contribution in [-0.2, 0) is 13.0 Å². The number of hydrogen-bond acceptors (Lipinski definition) is 3. The van der Waals surface area contributed by atoms with Gasteiger partial charge in [-0.25, -0.2) is 4.98 Å². The average Bonchev–Trinajstić information content (AvgIpc) is 3.00. The molecule has 1 heterocycles. The fourth-order valence-electron chi connectivity index (χ4n) is 3.03. The fraction of sp³-hybridized carbons (Fsp3) is 0.364. The number of imidazole rings is 1. The summed E-state index contributed by atoms with van der Waals surface area (Å²) in [5.41, 5.74) is 4.15. The molecule has 0 aliphatic carbocycles. The van der Waals surface area contributed by atoms with Crippen LogP contribution in [0.3, 0.4) is 0 Å². The minimum atomic E-state index is -0.681. The molecule has 0 radical (unpaired) electrons. The monoisotopic (exact) mass is 365 g/mol. The molecule has 2 N–H and O–H groups in total. The van der Waals surface area contributed by atoms with Crippen LogP contribution in [0.4, 0.5) is 0 Å². The van der Waals surface area contributed by atoms with E-state index in [2.05, 4.69) is 16.0 Å². The zero-order valence-corrected chi connectivity index (χ0v) is 16.4. The first-order valence-corrected chi connectivity index (χ1v) is 9.23. The Kier molecular flexibility index (Phi) is 5.33. The third-order valence-electron chi connectivity index (χ3n) is 4.65. The highest BCUT2D eigenvalue weighted by Gasteiger charge is 2.15. The summed E-state index contributed by atoms with van der Waals surface area (Å²) in [6, 6.07) is 13.7. The molecule has 0 aliphatic rings. The molecule has 0 bridgehead atoms. The molecule has 0 atom stereocenters. The molecule has 0 spiro atoms. The summed E-state index contributed by atoms with van der Waals surface area (Å²) in [6.45, 7) is 6.08. The predicted octanol–water partition coefficient (Wildman–Crippen LogP) is 3.85. The van der Waals surface area contributed by atoms with Gasteiger partial charge in [0.25, 0.3) is 5.91 Å². The maximum Gasteiger partial charge on any atom is 0.253 e. The molecular formula is C22H27N3O2. The van der Waals surface area contributed by atoms with Crippen molar-refractivity contribution in [1.29, 1.82) is 0 Å². The number of aromatic nitrogens is 2. The first-order chi connectivity index (χ1) is 12.7. The van der Waals surface area contributed by atoms with Gasteiger partial charge in [0.2, 0.25) is 0 Å². The Labute approximate surface area is 160 Å². The van der Waals surface area contributed by atoms with E-state index in [1.165, 1.54) is 5.56 Å². The highest BCUT2D eigenvalue weighted by molar-refractivity contribution is 5.94. The van der Waals surface area contributed by atoms with Gasteiger partial charge < -0.3 is 15.0 Å². The molecule has 3 rings (SSSR count). The molecule has 0 saturated heterocycles. The van der Waals surface area contributed by atoms with Crippen molar-refractivity contribution in [2.24, 2.45) is 0 Å². The molecule has 27 heavy (non-hydrogen) atoms. The van der Waals surface area contributed by atoms with Gasteiger partial charge in [-0.1, -0.05) is 18.2 Å². The number of aryl methyl sites for hydroxylation is 2. The van der Waals surface area contributed by atoms with E-state index < -0.39 is 5.60 Å². The third kappa shape index (κ3) is 4.95. The normalized spacial score (nSPS) is 11.7. The number of aromatic amines is 1. The molecule has 3 aromatic rings. The quantitative estimate of drug-likeness (QED) is 0.697. The Morgan fingerprint density at radius 2 is 1.89 bits per heavy atom. The first-order valence-electron chi connectivity index (χ1n) is 9.23. The van der Waals surface area contributed by atoms with Crippen LogP contribution in [-0.4, -0.2) is 38.5 Å². The number of rotatable bonds is 6. The largest absolute Gasteiger partial charge is 0.390 e. The van der Waals surface area contributed by atoms with Crippen LogP contribution < -0.4 is 0 Å². The number of H-pyrrole nitrogens is 1. The second-order valence-corrected chi connectivity index (χ2v) is 7.87. The van der Waals surface area contributed by atoms with Crippen molar-refractivity contribution in [3.8, 4) is 0 Å². The van der Waals surface area contributed by atoms with E-state index in [0.29, 0.717) is 18.5 Å². The number of amides is 1. The fourth-order valence-corrected chi connectivity index (χ4v) is 3.03. The summed E-state index contributed by atoms with van der Waals surface area (Å²) < 4.78 is 0. The van der Waals surface area contributed by atoms with Crippen molar-refractivity contribution in [3.05, 3.63) is 65.0 Å². The van der Waals surface area contributed by atoms with E-state index in [0.717, 1.165) is 28.8 Å². The van der Waals surface area contributed by atoms with E-state index in [1.54, 1.807) is 25.8 Å². The summed E-state index contributed by atoms with van der Waals surface area (Å²) in [5, 5.41) is 9.83. The van der Waals surface area contributed by atoms with Crippen molar-refractivity contribution in [2.45, 2.75) is 45.8 Å². The number of nitrogens with one attached hydrogen (secondary N) is 1. The number of fused-ring (bicyclic) bond motifs is 1. The Bertz CT molecular complexity index is 936. The third-order valence-corrected chi connectivity index (χ3v) is 4.65. The minimum absolute atomic E-state index is 0.0410. The Hall–Kier alpha value is -2.66. The number of carbonyl (C=O) groups excluding carboxylic acids is 1. The predicted molar refractivity (Wildman–Crippen MR) is 108 cm³/mol. The van der Waals surface area contributed by atoms with Crippen LogP contribution in [0.2, 0.25) is 0 Å². The van der Waals surface area contributed by atoms with E-state index in [4.69, 9.17) is 0 Å². The van der Waals surface area contributed by atoms with Gasteiger partial charge in [0, 0.05) is 12.6 Å².